The predicted octanol–water partition coefficient (Wildman–Crippen LogP) is 6.49. The molecule has 0 aliphatic rings. The number of rotatable bonds is 2. The van der Waals surface area contributed by atoms with Crippen LogP contribution in [-0.4, -0.2) is 0 Å². The van der Waals surface area contributed by atoms with E-state index in [1.54, 1.807) is 0 Å². The lowest BCUT2D eigenvalue weighted by atomic mass is 9.82. The summed E-state index contributed by atoms with van der Waals surface area (Å²) in [7, 11) is 0. The van der Waals surface area contributed by atoms with Gasteiger partial charge in [-0.15, -0.1) is 0 Å². The Hall–Kier alpha value is -1.56. The minimum Gasteiger partial charge on any atom is -0.0584 e. The molecule has 2 rings (SSSR count). The monoisotopic (exact) mass is 308 g/mol. The quantitative estimate of drug-likeness (QED) is 0.595. The van der Waals surface area contributed by atoms with E-state index < -0.39 is 0 Å². The minimum absolute atomic E-state index is 0.211. The van der Waals surface area contributed by atoms with Crippen molar-refractivity contribution in [2.45, 2.75) is 72.6 Å². The predicted molar refractivity (Wildman–Crippen MR) is 103 cm³/mol. The molecule has 0 radical (unpaired) electrons. The Kier molecular flexibility index (Phi) is 4.76. The van der Waals surface area contributed by atoms with E-state index in [4.69, 9.17) is 0 Å². The van der Waals surface area contributed by atoms with Crippen LogP contribution in [0.5, 0.6) is 0 Å². The average Bonchev–Trinajstić information content (AvgIpc) is 2.41. The summed E-state index contributed by atoms with van der Waals surface area (Å²) in [6, 6.07) is 13.9. The zero-order chi connectivity index (χ0) is 17.4. The molecule has 2 aromatic rings. The molecule has 23 heavy (non-hydrogen) atoms. The fourth-order valence-corrected chi connectivity index (χ4v) is 3.03. The van der Waals surface area contributed by atoms with Gasteiger partial charge in [0.1, 0.15) is 0 Å². The van der Waals surface area contributed by atoms with Gasteiger partial charge in [0.2, 0.25) is 0 Å². The molecule has 0 aromatic heterocycles. The molecule has 0 nitrogen and oxygen atoms in total. The number of hydrogen-bond donors (Lipinski definition) is 0. The van der Waals surface area contributed by atoms with Gasteiger partial charge in [-0.1, -0.05) is 77.9 Å². The Morgan fingerprint density at radius 1 is 0.652 bits per heavy atom. The van der Waals surface area contributed by atoms with Crippen molar-refractivity contribution in [1.29, 1.82) is 0 Å². The third-order valence-corrected chi connectivity index (χ3v) is 4.76. The Labute approximate surface area is 143 Å². The second-order valence-corrected chi connectivity index (χ2v) is 8.96. The SMILES string of the molecule is Cc1cc(C(C)(C)C)cc(C)c1Cc1ccc(C(C)(C)C)cc1. The lowest BCUT2D eigenvalue weighted by Gasteiger charge is -2.23. The van der Waals surface area contributed by atoms with E-state index in [0.717, 1.165) is 6.42 Å². The molecule has 0 unspecified atom stereocenters. The van der Waals surface area contributed by atoms with Crippen LogP contribution in [0, 0.1) is 13.8 Å². The third-order valence-electron chi connectivity index (χ3n) is 4.76. The first-order valence-electron chi connectivity index (χ1n) is 8.68. The highest BCUT2D eigenvalue weighted by atomic mass is 14.2. The standard InChI is InChI=1S/C23H32/c1-16-13-20(23(6,7)8)14-17(2)21(16)15-18-9-11-19(12-10-18)22(3,4)5/h9-14H,15H2,1-8H3. The molecule has 0 heterocycles. The molecule has 0 saturated heterocycles. The van der Waals surface area contributed by atoms with Crippen LogP contribution in [0.2, 0.25) is 0 Å². The van der Waals surface area contributed by atoms with Crippen LogP contribution in [0.3, 0.4) is 0 Å². The van der Waals surface area contributed by atoms with Crippen molar-refractivity contribution in [2.75, 3.05) is 0 Å². The fraction of sp³-hybridized carbons (Fsp3) is 0.478. The first-order valence-corrected chi connectivity index (χ1v) is 8.68. The molecule has 0 N–H and O–H groups in total. The topological polar surface area (TPSA) is 0 Å². The van der Waals surface area contributed by atoms with Crippen molar-refractivity contribution in [2.24, 2.45) is 0 Å². The molecule has 0 amide bonds. The molecule has 0 fully saturated rings. The lowest BCUT2D eigenvalue weighted by Crippen LogP contribution is -2.13. The van der Waals surface area contributed by atoms with Gasteiger partial charge in [0.05, 0.1) is 0 Å². The highest BCUT2D eigenvalue weighted by Crippen LogP contribution is 2.29. The van der Waals surface area contributed by atoms with Crippen molar-refractivity contribution in [3.8, 4) is 0 Å². The molecule has 0 atom stereocenters. The minimum atomic E-state index is 0.211. The van der Waals surface area contributed by atoms with E-state index >= 15 is 0 Å². The summed E-state index contributed by atoms with van der Waals surface area (Å²) in [5.74, 6) is 0. The van der Waals surface area contributed by atoms with Gasteiger partial charge in [0.15, 0.2) is 0 Å². The van der Waals surface area contributed by atoms with E-state index in [1.807, 2.05) is 0 Å². The second kappa shape index (κ2) is 6.15. The molecular weight excluding hydrogens is 276 g/mol. The third kappa shape index (κ3) is 4.25. The Bertz CT molecular complexity index is 650. The molecule has 2 aromatic carbocycles. The summed E-state index contributed by atoms with van der Waals surface area (Å²) in [4.78, 5) is 0. The van der Waals surface area contributed by atoms with Crippen LogP contribution in [0.4, 0.5) is 0 Å². The number of hydrogen-bond acceptors (Lipinski definition) is 0. The molecular formula is C23H32. The molecule has 0 bridgehead atoms. The number of benzene rings is 2. The van der Waals surface area contributed by atoms with Gasteiger partial charge in [-0.2, -0.15) is 0 Å². The van der Waals surface area contributed by atoms with Crippen LogP contribution >= 0.6 is 0 Å². The lowest BCUT2D eigenvalue weighted by molar-refractivity contribution is 0.588. The maximum Gasteiger partial charge on any atom is -0.00205 e. The maximum absolute atomic E-state index is 2.37. The van der Waals surface area contributed by atoms with Crippen LogP contribution in [0.1, 0.15) is 74.9 Å². The van der Waals surface area contributed by atoms with Crippen molar-refractivity contribution in [3.63, 3.8) is 0 Å². The summed E-state index contributed by atoms with van der Waals surface area (Å²) >= 11 is 0. The molecule has 0 spiro atoms. The summed E-state index contributed by atoms with van der Waals surface area (Å²) in [6.07, 6.45) is 1.02. The van der Waals surface area contributed by atoms with E-state index in [9.17, 15) is 0 Å². The molecule has 0 heteroatoms. The number of aryl methyl sites for hydroxylation is 2. The van der Waals surface area contributed by atoms with Gasteiger partial charge in [-0.05, 0) is 64.5 Å². The average molecular weight is 309 g/mol. The zero-order valence-electron chi connectivity index (χ0n) is 16.2. The highest BCUT2D eigenvalue weighted by Gasteiger charge is 2.17. The van der Waals surface area contributed by atoms with Crippen molar-refractivity contribution in [1.82, 2.24) is 0 Å². The smallest absolute Gasteiger partial charge is 0.00205 e. The Balaban J connectivity index is 2.30. The molecule has 0 aliphatic heterocycles. The summed E-state index contributed by atoms with van der Waals surface area (Å²) in [5.41, 5.74) is 8.96. The molecule has 0 aliphatic carbocycles. The van der Waals surface area contributed by atoms with Gasteiger partial charge in [0.25, 0.3) is 0 Å². The first kappa shape index (κ1) is 17.8. The van der Waals surface area contributed by atoms with Gasteiger partial charge in [-0.25, -0.2) is 0 Å². The van der Waals surface area contributed by atoms with E-state index in [-0.39, 0.29) is 10.8 Å². The molecule has 0 saturated carbocycles. The summed E-state index contributed by atoms with van der Waals surface area (Å²) in [5, 5.41) is 0. The first-order chi connectivity index (χ1) is 10.5. The van der Waals surface area contributed by atoms with Gasteiger partial charge < -0.3 is 0 Å². The van der Waals surface area contributed by atoms with Crippen LogP contribution in [0.25, 0.3) is 0 Å². The zero-order valence-corrected chi connectivity index (χ0v) is 16.2. The van der Waals surface area contributed by atoms with Crippen molar-refractivity contribution >= 4 is 0 Å². The highest BCUT2D eigenvalue weighted by molar-refractivity contribution is 5.43. The molecule has 124 valence electrons. The maximum atomic E-state index is 2.37. The second-order valence-electron chi connectivity index (χ2n) is 8.96. The van der Waals surface area contributed by atoms with E-state index in [2.05, 4.69) is 91.8 Å². The largest absolute Gasteiger partial charge is 0.0584 e. The van der Waals surface area contributed by atoms with Gasteiger partial charge >= 0.3 is 0 Å². The van der Waals surface area contributed by atoms with Crippen LogP contribution < -0.4 is 0 Å². The van der Waals surface area contributed by atoms with Crippen molar-refractivity contribution < 1.29 is 0 Å². The fourth-order valence-electron chi connectivity index (χ4n) is 3.03. The summed E-state index contributed by atoms with van der Waals surface area (Å²) in [6.45, 7) is 18.1. The Morgan fingerprint density at radius 2 is 1.09 bits per heavy atom. The van der Waals surface area contributed by atoms with Crippen molar-refractivity contribution in [3.05, 3.63) is 69.8 Å². The normalized spacial score (nSPS) is 12.5. The van der Waals surface area contributed by atoms with E-state index in [1.165, 1.54) is 33.4 Å². The van der Waals surface area contributed by atoms with Crippen LogP contribution in [-0.2, 0) is 17.3 Å². The van der Waals surface area contributed by atoms with E-state index in [0.29, 0.717) is 0 Å². The summed E-state index contributed by atoms with van der Waals surface area (Å²) < 4.78 is 0. The Morgan fingerprint density at radius 3 is 1.48 bits per heavy atom. The van der Waals surface area contributed by atoms with Gasteiger partial charge in [0, 0.05) is 0 Å². The van der Waals surface area contributed by atoms with Crippen LogP contribution in [0.15, 0.2) is 36.4 Å². The van der Waals surface area contributed by atoms with Gasteiger partial charge in [-0.3, -0.25) is 0 Å².